The van der Waals surface area contributed by atoms with Crippen LogP contribution in [0.1, 0.15) is 13.8 Å². The molecular weight excluding hydrogens is 114 g/mol. The van der Waals surface area contributed by atoms with Crippen molar-refractivity contribution in [1.29, 1.82) is 0 Å². The third-order valence-electron chi connectivity index (χ3n) is 2.11. The summed E-state index contributed by atoms with van der Waals surface area (Å²) in [6, 6.07) is 1.18. The molecule has 0 aromatic carbocycles. The van der Waals surface area contributed by atoms with E-state index >= 15 is 0 Å². The van der Waals surface area contributed by atoms with E-state index < -0.39 is 0 Å². The van der Waals surface area contributed by atoms with Crippen LogP contribution in [-0.2, 0) is 4.74 Å². The molecule has 0 radical (unpaired) electrons. The topological polar surface area (TPSA) is 12.5 Å². The van der Waals surface area contributed by atoms with E-state index in [0.29, 0.717) is 12.1 Å². The highest BCUT2D eigenvalue weighted by Crippen LogP contribution is 2.08. The minimum atomic E-state index is 0.591. The molecule has 2 nitrogen and oxygen atoms in total. The Labute approximate surface area is 56.8 Å². The average Bonchev–Trinajstić information content (AvgIpc) is 1.83. The number of rotatable bonds is 0. The molecule has 9 heavy (non-hydrogen) atoms. The lowest BCUT2D eigenvalue weighted by atomic mass is 10.2. The van der Waals surface area contributed by atoms with Crippen LogP contribution in [0.25, 0.3) is 0 Å². The molecule has 0 spiro atoms. The molecule has 1 aliphatic rings. The lowest BCUT2D eigenvalue weighted by Gasteiger charge is -2.35. The van der Waals surface area contributed by atoms with Gasteiger partial charge < -0.3 is 4.74 Å². The molecule has 54 valence electrons. The van der Waals surface area contributed by atoms with Crippen LogP contribution in [0.2, 0.25) is 0 Å². The van der Waals surface area contributed by atoms with Gasteiger partial charge in [0.1, 0.15) is 0 Å². The zero-order chi connectivity index (χ0) is 6.85. The Bertz CT molecular complexity index is 84.9. The van der Waals surface area contributed by atoms with Crippen molar-refractivity contribution in [3.63, 3.8) is 0 Å². The summed E-state index contributed by atoms with van der Waals surface area (Å²) >= 11 is 0. The molecule has 0 amide bonds. The zero-order valence-corrected chi connectivity index (χ0v) is 6.42. The van der Waals surface area contributed by atoms with E-state index in [1.165, 1.54) is 0 Å². The summed E-state index contributed by atoms with van der Waals surface area (Å²) in [6.07, 6.45) is 0. The van der Waals surface area contributed by atoms with Crippen LogP contribution in [0.4, 0.5) is 0 Å². The van der Waals surface area contributed by atoms with E-state index in [-0.39, 0.29) is 0 Å². The van der Waals surface area contributed by atoms with Crippen molar-refractivity contribution < 1.29 is 4.74 Å². The second-order valence-corrected chi connectivity index (χ2v) is 2.90. The molecule has 1 saturated heterocycles. The van der Waals surface area contributed by atoms with E-state index in [2.05, 4.69) is 25.8 Å². The van der Waals surface area contributed by atoms with E-state index in [9.17, 15) is 0 Å². The number of ether oxygens (including phenoxy) is 1. The highest BCUT2D eigenvalue weighted by molar-refractivity contribution is 4.73. The fraction of sp³-hybridized carbons (Fsp3) is 1.00. The predicted octanol–water partition coefficient (Wildman–Crippen LogP) is 0.725. The SMILES string of the molecule is C[C@@H]1COC[C@@H](C)N1C. The minimum Gasteiger partial charge on any atom is -0.378 e. The number of nitrogens with zero attached hydrogens (tertiary/aromatic N) is 1. The number of likely N-dealkylation sites (N-methyl/N-ethyl adjacent to an activating group) is 1. The molecule has 0 bridgehead atoms. The van der Waals surface area contributed by atoms with Crippen molar-refractivity contribution >= 4 is 0 Å². The number of hydrogen-bond donors (Lipinski definition) is 0. The van der Waals surface area contributed by atoms with Crippen LogP contribution in [0.3, 0.4) is 0 Å². The van der Waals surface area contributed by atoms with E-state index in [0.717, 1.165) is 13.2 Å². The molecular formula is C7H15NO. The quantitative estimate of drug-likeness (QED) is 0.478. The summed E-state index contributed by atoms with van der Waals surface area (Å²) in [7, 11) is 2.15. The van der Waals surface area contributed by atoms with Crippen LogP contribution in [-0.4, -0.2) is 37.2 Å². The van der Waals surface area contributed by atoms with Gasteiger partial charge in [-0.15, -0.1) is 0 Å². The van der Waals surface area contributed by atoms with Gasteiger partial charge in [0, 0.05) is 12.1 Å². The fourth-order valence-corrected chi connectivity index (χ4v) is 1.08. The Kier molecular flexibility index (Phi) is 2.09. The Morgan fingerprint density at radius 1 is 1.22 bits per heavy atom. The summed E-state index contributed by atoms with van der Waals surface area (Å²) in [6.45, 7) is 6.16. The summed E-state index contributed by atoms with van der Waals surface area (Å²) in [5.41, 5.74) is 0. The lowest BCUT2D eigenvalue weighted by Crippen LogP contribution is -2.46. The van der Waals surface area contributed by atoms with Crippen LogP contribution >= 0.6 is 0 Å². The minimum absolute atomic E-state index is 0.591. The van der Waals surface area contributed by atoms with E-state index in [1.807, 2.05) is 0 Å². The molecule has 0 N–H and O–H groups in total. The van der Waals surface area contributed by atoms with Gasteiger partial charge in [0.05, 0.1) is 13.2 Å². The largest absolute Gasteiger partial charge is 0.378 e. The van der Waals surface area contributed by atoms with Crippen molar-refractivity contribution in [2.45, 2.75) is 25.9 Å². The van der Waals surface area contributed by atoms with Gasteiger partial charge in [-0.2, -0.15) is 0 Å². The molecule has 0 aromatic heterocycles. The Balaban J connectivity index is 2.41. The standard InChI is InChI=1S/C7H15NO/c1-6-4-9-5-7(2)8(6)3/h6-7H,4-5H2,1-3H3/t6-,7-/m1/s1. The van der Waals surface area contributed by atoms with Gasteiger partial charge in [-0.05, 0) is 20.9 Å². The molecule has 1 aliphatic heterocycles. The monoisotopic (exact) mass is 129 g/mol. The van der Waals surface area contributed by atoms with Crippen LogP contribution in [0, 0.1) is 0 Å². The summed E-state index contributed by atoms with van der Waals surface area (Å²) in [5, 5.41) is 0. The van der Waals surface area contributed by atoms with Crippen LogP contribution in [0.15, 0.2) is 0 Å². The van der Waals surface area contributed by atoms with Gasteiger partial charge in [-0.3, -0.25) is 4.90 Å². The van der Waals surface area contributed by atoms with Crippen molar-refractivity contribution in [2.24, 2.45) is 0 Å². The zero-order valence-electron chi connectivity index (χ0n) is 6.42. The Morgan fingerprint density at radius 2 is 1.67 bits per heavy atom. The summed E-state index contributed by atoms with van der Waals surface area (Å²) in [5.74, 6) is 0. The van der Waals surface area contributed by atoms with Gasteiger partial charge in [0.2, 0.25) is 0 Å². The van der Waals surface area contributed by atoms with Crippen molar-refractivity contribution in [2.75, 3.05) is 20.3 Å². The van der Waals surface area contributed by atoms with E-state index in [4.69, 9.17) is 4.74 Å². The maximum atomic E-state index is 5.32. The highest BCUT2D eigenvalue weighted by Gasteiger charge is 2.20. The number of hydrogen-bond acceptors (Lipinski definition) is 2. The summed E-state index contributed by atoms with van der Waals surface area (Å²) in [4.78, 5) is 2.35. The molecule has 0 saturated carbocycles. The smallest absolute Gasteiger partial charge is 0.0619 e. The maximum absolute atomic E-state index is 5.32. The van der Waals surface area contributed by atoms with Crippen molar-refractivity contribution in [1.82, 2.24) is 4.90 Å². The first kappa shape index (κ1) is 7.03. The molecule has 0 aliphatic carbocycles. The Hall–Kier alpha value is -0.0800. The highest BCUT2D eigenvalue weighted by atomic mass is 16.5. The van der Waals surface area contributed by atoms with Crippen LogP contribution in [0.5, 0.6) is 0 Å². The third-order valence-corrected chi connectivity index (χ3v) is 2.11. The van der Waals surface area contributed by atoms with Gasteiger partial charge >= 0.3 is 0 Å². The van der Waals surface area contributed by atoms with Gasteiger partial charge in [-0.1, -0.05) is 0 Å². The molecule has 1 heterocycles. The molecule has 1 fully saturated rings. The normalized spacial score (nSPS) is 39.0. The average molecular weight is 129 g/mol. The second kappa shape index (κ2) is 2.67. The van der Waals surface area contributed by atoms with E-state index in [1.54, 1.807) is 0 Å². The molecule has 2 heteroatoms. The van der Waals surface area contributed by atoms with Crippen LogP contribution < -0.4 is 0 Å². The number of morpholine rings is 1. The fourth-order valence-electron chi connectivity index (χ4n) is 1.08. The maximum Gasteiger partial charge on any atom is 0.0619 e. The molecule has 1 rings (SSSR count). The van der Waals surface area contributed by atoms with Crippen molar-refractivity contribution in [3.05, 3.63) is 0 Å². The molecule has 0 unspecified atom stereocenters. The van der Waals surface area contributed by atoms with Gasteiger partial charge in [0.15, 0.2) is 0 Å². The third kappa shape index (κ3) is 1.43. The lowest BCUT2D eigenvalue weighted by molar-refractivity contribution is -0.0227. The molecule has 0 aromatic rings. The second-order valence-electron chi connectivity index (χ2n) is 2.90. The van der Waals surface area contributed by atoms with Gasteiger partial charge in [0.25, 0.3) is 0 Å². The predicted molar refractivity (Wildman–Crippen MR) is 37.5 cm³/mol. The first-order chi connectivity index (χ1) is 4.22. The van der Waals surface area contributed by atoms with Crippen molar-refractivity contribution in [3.8, 4) is 0 Å². The summed E-state index contributed by atoms with van der Waals surface area (Å²) < 4.78 is 5.32. The Morgan fingerprint density at radius 3 is 2.00 bits per heavy atom. The first-order valence-electron chi connectivity index (χ1n) is 3.51. The first-order valence-corrected chi connectivity index (χ1v) is 3.51. The molecule has 2 atom stereocenters. The van der Waals surface area contributed by atoms with Gasteiger partial charge in [-0.25, -0.2) is 0 Å².